The van der Waals surface area contributed by atoms with E-state index >= 15 is 0 Å². The molecule has 3 aromatic rings. The fraction of sp³-hybridized carbons (Fsp3) is 0.241. The smallest absolute Gasteiger partial charge is 0.262 e. The van der Waals surface area contributed by atoms with Gasteiger partial charge in [-0.1, -0.05) is 35.5 Å². The van der Waals surface area contributed by atoms with Gasteiger partial charge in [-0.2, -0.15) is 10.1 Å². The summed E-state index contributed by atoms with van der Waals surface area (Å²) in [6.07, 6.45) is 0.614. The Bertz CT molecular complexity index is 1410. The number of rotatable bonds is 8. The molecule has 200 valence electrons. The minimum absolute atomic E-state index is 0.00177. The standard InChI is InChI=1S/C29H27ClN4O4S/c1-3-38-23-14-10-21(11-15-23)31-27(35)17-26-28(36)32-29(39-26)34-25(19-4-8-20(30)9-5-19)16-24(33-34)18-6-12-22(37-2)13-7-18/h4-15,25-26H,3,16-17H2,1-2H3,(H,31,35)/t25-,26-/m0/s1. The maximum atomic E-state index is 12.8. The Morgan fingerprint density at radius 3 is 2.41 bits per heavy atom. The van der Waals surface area contributed by atoms with Gasteiger partial charge in [0.05, 0.1) is 25.5 Å². The Kier molecular flexibility index (Phi) is 8.18. The number of nitrogens with one attached hydrogen (secondary N) is 1. The quantitative estimate of drug-likeness (QED) is 0.366. The number of hydrogen-bond donors (Lipinski definition) is 1. The molecule has 3 aromatic carbocycles. The third-order valence-electron chi connectivity index (χ3n) is 6.33. The lowest BCUT2D eigenvalue weighted by molar-refractivity contribution is -0.121. The Labute approximate surface area is 236 Å². The SMILES string of the molecule is CCOc1ccc(NC(=O)C[C@@H]2SC(N3N=C(c4ccc(OC)cc4)C[C@H]3c3ccc(Cl)cc3)=NC2=O)cc1. The van der Waals surface area contributed by atoms with E-state index in [-0.39, 0.29) is 24.3 Å². The number of thioether (sulfide) groups is 1. The molecule has 0 unspecified atom stereocenters. The normalized spacial score (nSPS) is 18.5. The zero-order valence-corrected chi connectivity index (χ0v) is 23.0. The van der Waals surface area contributed by atoms with Crippen LogP contribution in [0.3, 0.4) is 0 Å². The van der Waals surface area contributed by atoms with Crippen LogP contribution in [-0.2, 0) is 9.59 Å². The number of amidine groups is 1. The highest BCUT2D eigenvalue weighted by molar-refractivity contribution is 8.15. The molecular weight excluding hydrogens is 536 g/mol. The lowest BCUT2D eigenvalue weighted by atomic mass is 9.98. The van der Waals surface area contributed by atoms with E-state index in [4.69, 9.17) is 26.2 Å². The Balaban J connectivity index is 1.31. The number of amides is 2. The van der Waals surface area contributed by atoms with Crippen molar-refractivity contribution in [2.24, 2.45) is 10.1 Å². The molecule has 2 heterocycles. The molecule has 0 fully saturated rings. The van der Waals surface area contributed by atoms with Gasteiger partial charge in [0.1, 0.15) is 16.7 Å². The first-order chi connectivity index (χ1) is 18.9. The number of anilines is 1. The van der Waals surface area contributed by atoms with Crippen LogP contribution in [0.15, 0.2) is 82.9 Å². The first-order valence-corrected chi connectivity index (χ1v) is 13.8. The summed E-state index contributed by atoms with van der Waals surface area (Å²) in [6.45, 7) is 2.48. The van der Waals surface area contributed by atoms with Gasteiger partial charge in [-0.3, -0.25) is 9.59 Å². The van der Waals surface area contributed by atoms with Crippen LogP contribution in [0.1, 0.15) is 36.9 Å². The van der Waals surface area contributed by atoms with E-state index in [1.807, 2.05) is 55.5 Å². The highest BCUT2D eigenvalue weighted by atomic mass is 35.5. The Hall–Kier alpha value is -3.82. The summed E-state index contributed by atoms with van der Waals surface area (Å²) in [5.74, 6) is 0.876. The van der Waals surface area contributed by atoms with Crippen molar-refractivity contribution in [1.29, 1.82) is 0 Å². The van der Waals surface area contributed by atoms with Gasteiger partial charge in [0.2, 0.25) is 5.91 Å². The van der Waals surface area contributed by atoms with Gasteiger partial charge in [-0.25, -0.2) is 5.01 Å². The average molecular weight is 563 g/mol. The molecule has 0 spiro atoms. The topological polar surface area (TPSA) is 92.6 Å². The van der Waals surface area contributed by atoms with Crippen molar-refractivity contribution in [1.82, 2.24) is 5.01 Å². The summed E-state index contributed by atoms with van der Waals surface area (Å²) < 4.78 is 10.7. The zero-order chi connectivity index (χ0) is 27.4. The lowest BCUT2D eigenvalue weighted by Gasteiger charge is -2.23. The fourth-order valence-corrected chi connectivity index (χ4v) is 5.56. The molecule has 2 amide bonds. The number of methoxy groups -OCH3 is 1. The fourth-order valence-electron chi connectivity index (χ4n) is 4.38. The maximum absolute atomic E-state index is 12.8. The average Bonchev–Trinajstić information content (AvgIpc) is 3.54. The predicted octanol–water partition coefficient (Wildman–Crippen LogP) is 5.93. The molecule has 39 heavy (non-hydrogen) atoms. The Morgan fingerprint density at radius 2 is 1.74 bits per heavy atom. The molecule has 0 saturated carbocycles. The van der Waals surface area contributed by atoms with Crippen LogP contribution in [0.2, 0.25) is 5.02 Å². The van der Waals surface area contributed by atoms with Crippen molar-refractivity contribution in [3.63, 3.8) is 0 Å². The van der Waals surface area contributed by atoms with Crippen molar-refractivity contribution in [2.45, 2.75) is 31.1 Å². The van der Waals surface area contributed by atoms with Gasteiger partial charge >= 0.3 is 0 Å². The molecule has 2 aliphatic heterocycles. The monoisotopic (exact) mass is 562 g/mol. The summed E-state index contributed by atoms with van der Waals surface area (Å²) in [4.78, 5) is 29.9. The van der Waals surface area contributed by atoms with Gasteiger partial charge in [0, 0.05) is 23.6 Å². The van der Waals surface area contributed by atoms with Crippen LogP contribution in [0.5, 0.6) is 11.5 Å². The second-order valence-electron chi connectivity index (χ2n) is 8.94. The molecule has 2 aliphatic rings. The second-order valence-corrected chi connectivity index (χ2v) is 10.5. The molecule has 0 bridgehead atoms. The lowest BCUT2D eigenvalue weighted by Crippen LogP contribution is -2.25. The molecule has 0 aromatic heterocycles. The van der Waals surface area contributed by atoms with Crippen molar-refractivity contribution >= 4 is 51.7 Å². The van der Waals surface area contributed by atoms with Crippen molar-refractivity contribution in [2.75, 3.05) is 19.0 Å². The predicted molar refractivity (Wildman–Crippen MR) is 155 cm³/mol. The minimum atomic E-state index is -0.631. The number of aliphatic imine (C=N–C) groups is 1. The van der Waals surface area contributed by atoms with Crippen molar-refractivity contribution < 1.29 is 19.1 Å². The first kappa shape index (κ1) is 26.8. The number of hydrazone groups is 1. The molecule has 1 N–H and O–H groups in total. The van der Waals surface area contributed by atoms with Crippen molar-refractivity contribution in [3.05, 3.63) is 88.9 Å². The number of carbonyl (C=O) groups is 2. The van der Waals surface area contributed by atoms with Crippen LogP contribution in [0.4, 0.5) is 5.69 Å². The van der Waals surface area contributed by atoms with E-state index in [1.165, 1.54) is 11.8 Å². The number of ether oxygens (including phenoxy) is 2. The van der Waals surface area contributed by atoms with E-state index in [1.54, 1.807) is 36.4 Å². The van der Waals surface area contributed by atoms with Crippen LogP contribution in [0, 0.1) is 0 Å². The van der Waals surface area contributed by atoms with E-state index in [0.717, 1.165) is 28.3 Å². The van der Waals surface area contributed by atoms with Crippen LogP contribution in [0.25, 0.3) is 0 Å². The summed E-state index contributed by atoms with van der Waals surface area (Å²) in [5, 5.41) is 9.99. The molecule has 0 radical (unpaired) electrons. The highest BCUT2D eigenvalue weighted by Gasteiger charge is 2.39. The summed E-state index contributed by atoms with van der Waals surface area (Å²) in [7, 11) is 1.63. The molecular formula is C29H27ClN4O4S. The molecule has 5 rings (SSSR count). The number of hydrogen-bond acceptors (Lipinski definition) is 7. The molecule has 0 saturated heterocycles. The van der Waals surface area contributed by atoms with Crippen molar-refractivity contribution in [3.8, 4) is 11.5 Å². The summed E-state index contributed by atoms with van der Waals surface area (Å²) in [5.41, 5.74) is 3.46. The third-order valence-corrected chi connectivity index (χ3v) is 7.73. The number of carbonyl (C=O) groups excluding carboxylic acids is 2. The Morgan fingerprint density at radius 1 is 1.05 bits per heavy atom. The first-order valence-electron chi connectivity index (χ1n) is 12.5. The van der Waals surface area contributed by atoms with Gasteiger partial charge in [-0.05, 0) is 78.7 Å². The van der Waals surface area contributed by atoms with Crippen LogP contribution in [-0.4, -0.2) is 46.7 Å². The zero-order valence-electron chi connectivity index (χ0n) is 21.5. The summed E-state index contributed by atoms with van der Waals surface area (Å²) in [6, 6.07) is 22.2. The van der Waals surface area contributed by atoms with Gasteiger partial charge in [-0.15, -0.1) is 0 Å². The number of nitrogens with zero attached hydrogens (tertiary/aromatic N) is 3. The van der Waals surface area contributed by atoms with Gasteiger partial charge < -0.3 is 14.8 Å². The van der Waals surface area contributed by atoms with E-state index in [0.29, 0.717) is 28.9 Å². The summed E-state index contributed by atoms with van der Waals surface area (Å²) >= 11 is 7.39. The molecule has 0 aliphatic carbocycles. The largest absolute Gasteiger partial charge is 0.497 e. The highest BCUT2D eigenvalue weighted by Crippen LogP contribution is 2.39. The minimum Gasteiger partial charge on any atom is -0.497 e. The maximum Gasteiger partial charge on any atom is 0.262 e. The molecule has 8 nitrogen and oxygen atoms in total. The molecule has 10 heteroatoms. The third kappa shape index (κ3) is 6.26. The van der Waals surface area contributed by atoms with Gasteiger partial charge in [0.25, 0.3) is 5.91 Å². The van der Waals surface area contributed by atoms with Gasteiger partial charge in [0.15, 0.2) is 5.17 Å². The van der Waals surface area contributed by atoms with E-state index in [2.05, 4.69) is 10.3 Å². The van der Waals surface area contributed by atoms with Crippen LogP contribution >= 0.6 is 23.4 Å². The number of halogens is 1. The molecule has 2 atom stereocenters. The van der Waals surface area contributed by atoms with Crippen LogP contribution < -0.4 is 14.8 Å². The van der Waals surface area contributed by atoms with E-state index in [9.17, 15) is 9.59 Å². The second kappa shape index (κ2) is 11.9. The van der Waals surface area contributed by atoms with E-state index < -0.39 is 5.25 Å². The number of benzene rings is 3.